The van der Waals surface area contributed by atoms with E-state index in [1.807, 2.05) is 31.2 Å². The molecule has 0 N–H and O–H groups in total. The molecule has 0 bridgehead atoms. The third kappa shape index (κ3) is 4.20. The lowest BCUT2D eigenvalue weighted by Crippen LogP contribution is -2.53. The Labute approximate surface area is 169 Å². The fraction of sp³-hybridized carbons (Fsp3) is 0.350. The van der Waals surface area contributed by atoms with Gasteiger partial charge in [0.25, 0.3) is 0 Å². The number of methoxy groups -OCH3 is 2. The summed E-state index contributed by atoms with van der Waals surface area (Å²) >= 11 is 0. The van der Waals surface area contributed by atoms with Gasteiger partial charge in [0.1, 0.15) is 16.5 Å². The molecule has 2 aromatic rings. The van der Waals surface area contributed by atoms with E-state index in [0.717, 1.165) is 17.8 Å². The number of nitrogens with zero attached hydrogens (tertiary/aromatic N) is 2. The number of carbonyl (C=O) groups is 1. The number of halogens is 1. The summed E-state index contributed by atoms with van der Waals surface area (Å²) in [5, 5.41) is 0. The molecule has 1 saturated heterocycles. The van der Waals surface area contributed by atoms with Crippen molar-refractivity contribution in [1.29, 1.82) is 0 Å². The number of carbonyl (C=O) groups excluding carboxylic acids is 1. The van der Waals surface area contributed by atoms with Gasteiger partial charge in [-0.25, -0.2) is 17.6 Å². The van der Waals surface area contributed by atoms with Crippen LogP contribution in [-0.2, 0) is 14.8 Å². The average molecular weight is 422 g/mol. The van der Waals surface area contributed by atoms with Crippen molar-refractivity contribution in [3.8, 4) is 5.75 Å². The Morgan fingerprint density at radius 1 is 1.14 bits per heavy atom. The molecule has 1 fully saturated rings. The summed E-state index contributed by atoms with van der Waals surface area (Å²) in [5.74, 6) is -0.912. The second-order valence-corrected chi connectivity index (χ2v) is 8.65. The molecular formula is C20H23FN2O5S. The van der Waals surface area contributed by atoms with Crippen LogP contribution >= 0.6 is 0 Å². The van der Waals surface area contributed by atoms with E-state index < -0.39 is 26.7 Å². The number of piperazine rings is 1. The predicted molar refractivity (Wildman–Crippen MR) is 106 cm³/mol. The molecule has 0 aromatic heterocycles. The molecule has 3 rings (SSSR count). The van der Waals surface area contributed by atoms with E-state index in [1.54, 1.807) is 7.11 Å². The highest BCUT2D eigenvalue weighted by molar-refractivity contribution is 7.89. The van der Waals surface area contributed by atoms with Crippen molar-refractivity contribution in [2.24, 2.45) is 0 Å². The van der Waals surface area contributed by atoms with E-state index in [1.165, 1.54) is 17.5 Å². The summed E-state index contributed by atoms with van der Waals surface area (Å²) in [6.07, 6.45) is 0. The molecule has 1 unspecified atom stereocenters. The molecule has 0 radical (unpaired) electrons. The van der Waals surface area contributed by atoms with Gasteiger partial charge in [0.2, 0.25) is 10.0 Å². The number of anilines is 1. The predicted octanol–water partition coefficient (Wildman–Crippen LogP) is 2.52. The lowest BCUT2D eigenvalue weighted by molar-refractivity contribution is 0.0600. The highest BCUT2D eigenvalue weighted by Gasteiger charge is 2.34. The van der Waals surface area contributed by atoms with Gasteiger partial charge in [0.15, 0.2) is 0 Å². The van der Waals surface area contributed by atoms with Crippen molar-refractivity contribution in [2.45, 2.75) is 17.9 Å². The first-order valence-electron chi connectivity index (χ1n) is 9.06. The largest absolute Gasteiger partial charge is 0.497 e. The highest BCUT2D eigenvalue weighted by atomic mass is 32.2. The van der Waals surface area contributed by atoms with Crippen LogP contribution in [0.25, 0.3) is 0 Å². The molecule has 2 aromatic carbocycles. The van der Waals surface area contributed by atoms with Gasteiger partial charge >= 0.3 is 5.97 Å². The van der Waals surface area contributed by atoms with Crippen LogP contribution in [0.3, 0.4) is 0 Å². The normalized spacial score (nSPS) is 17.8. The van der Waals surface area contributed by atoms with Crippen molar-refractivity contribution >= 4 is 21.7 Å². The van der Waals surface area contributed by atoms with E-state index in [-0.39, 0.29) is 24.7 Å². The zero-order chi connectivity index (χ0) is 21.2. The number of ether oxygens (including phenoxy) is 2. The number of rotatable bonds is 5. The number of esters is 1. The Morgan fingerprint density at radius 3 is 2.55 bits per heavy atom. The zero-order valence-corrected chi connectivity index (χ0v) is 17.3. The first-order valence-corrected chi connectivity index (χ1v) is 10.5. The van der Waals surface area contributed by atoms with Crippen LogP contribution in [0.15, 0.2) is 47.4 Å². The van der Waals surface area contributed by atoms with E-state index in [0.29, 0.717) is 12.3 Å². The van der Waals surface area contributed by atoms with Crippen molar-refractivity contribution in [1.82, 2.24) is 4.31 Å². The van der Waals surface area contributed by atoms with Crippen molar-refractivity contribution in [3.05, 3.63) is 53.8 Å². The van der Waals surface area contributed by atoms with Crippen LogP contribution in [0, 0.1) is 5.82 Å². The minimum atomic E-state index is -4.11. The van der Waals surface area contributed by atoms with Crippen molar-refractivity contribution < 1.29 is 27.1 Å². The molecule has 1 atom stereocenters. The molecular weight excluding hydrogens is 399 g/mol. The Balaban J connectivity index is 1.84. The molecule has 29 heavy (non-hydrogen) atoms. The van der Waals surface area contributed by atoms with Gasteiger partial charge in [0.05, 0.1) is 19.8 Å². The van der Waals surface area contributed by atoms with Gasteiger partial charge in [-0.05, 0) is 37.3 Å². The lowest BCUT2D eigenvalue weighted by atomic mass is 10.1. The third-order valence-electron chi connectivity index (χ3n) is 4.95. The van der Waals surface area contributed by atoms with Gasteiger partial charge in [-0.3, -0.25) is 0 Å². The fourth-order valence-electron chi connectivity index (χ4n) is 3.40. The molecule has 156 valence electrons. The van der Waals surface area contributed by atoms with Crippen LogP contribution in [-0.4, -0.2) is 58.6 Å². The van der Waals surface area contributed by atoms with Crippen LogP contribution in [0.2, 0.25) is 0 Å². The van der Waals surface area contributed by atoms with Gasteiger partial charge in [0, 0.05) is 37.4 Å². The van der Waals surface area contributed by atoms with Gasteiger partial charge in [-0.1, -0.05) is 6.07 Å². The Kier molecular flexibility index (Phi) is 6.09. The molecule has 1 aliphatic heterocycles. The maximum absolute atomic E-state index is 14.3. The monoisotopic (exact) mass is 422 g/mol. The Morgan fingerprint density at radius 2 is 1.90 bits per heavy atom. The second-order valence-electron chi connectivity index (χ2n) is 6.74. The van der Waals surface area contributed by atoms with Crippen LogP contribution in [0.1, 0.15) is 17.3 Å². The smallest absolute Gasteiger partial charge is 0.337 e. The summed E-state index contributed by atoms with van der Waals surface area (Å²) in [6, 6.07) is 10.6. The van der Waals surface area contributed by atoms with E-state index in [2.05, 4.69) is 9.64 Å². The average Bonchev–Trinajstić information content (AvgIpc) is 2.73. The minimum absolute atomic E-state index is 0.0180. The van der Waals surface area contributed by atoms with E-state index in [9.17, 15) is 17.6 Å². The van der Waals surface area contributed by atoms with Gasteiger partial charge in [-0.15, -0.1) is 0 Å². The van der Waals surface area contributed by atoms with Crippen LogP contribution in [0.5, 0.6) is 5.75 Å². The standard InChI is InChI=1S/C20H23FN2O5S/c1-14-13-22(9-10-23(14)16-5-4-6-17(12-16)27-2)29(25,26)19-11-15(20(24)28-3)7-8-18(19)21/h4-8,11-12,14H,9-10,13H2,1-3H3. The Hall–Kier alpha value is -2.65. The Bertz CT molecular complexity index is 1010. The van der Waals surface area contributed by atoms with Crippen LogP contribution < -0.4 is 9.64 Å². The number of sulfonamides is 1. The SMILES string of the molecule is COC(=O)c1ccc(F)c(S(=O)(=O)N2CCN(c3cccc(OC)c3)C(C)C2)c1. The third-order valence-corrected chi connectivity index (χ3v) is 6.83. The molecule has 0 saturated carbocycles. The van der Waals surface area contributed by atoms with E-state index in [4.69, 9.17) is 4.74 Å². The fourth-order valence-corrected chi connectivity index (χ4v) is 5.00. The first-order chi connectivity index (χ1) is 13.8. The maximum atomic E-state index is 14.3. The summed E-state index contributed by atoms with van der Waals surface area (Å²) in [7, 11) is -1.34. The summed E-state index contributed by atoms with van der Waals surface area (Å²) in [5.41, 5.74) is 0.906. The van der Waals surface area contributed by atoms with Gasteiger partial charge < -0.3 is 14.4 Å². The zero-order valence-electron chi connectivity index (χ0n) is 16.5. The van der Waals surface area contributed by atoms with Gasteiger partial charge in [-0.2, -0.15) is 4.31 Å². The molecule has 0 amide bonds. The molecule has 0 aliphatic carbocycles. The summed E-state index contributed by atoms with van der Waals surface area (Å²) in [6.45, 7) is 2.71. The first kappa shape index (κ1) is 21.1. The number of hydrogen-bond acceptors (Lipinski definition) is 6. The summed E-state index contributed by atoms with van der Waals surface area (Å²) < 4.78 is 51.5. The number of hydrogen-bond donors (Lipinski definition) is 0. The van der Waals surface area contributed by atoms with E-state index >= 15 is 0 Å². The highest BCUT2D eigenvalue weighted by Crippen LogP contribution is 2.28. The number of benzene rings is 2. The molecule has 1 heterocycles. The van der Waals surface area contributed by atoms with Crippen LogP contribution in [0.4, 0.5) is 10.1 Å². The molecule has 7 nitrogen and oxygen atoms in total. The lowest BCUT2D eigenvalue weighted by Gasteiger charge is -2.40. The summed E-state index contributed by atoms with van der Waals surface area (Å²) in [4.78, 5) is 13.3. The second kappa shape index (κ2) is 8.38. The maximum Gasteiger partial charge on any atom is 0.337 e. The van der Waals surface area contributed by atoms with Crippen molar-refractivity contribution in [3.63, 3.8) is 0 Å². The molecule has 1 aliphatic rings. The molecule has 9 heteroatoms. The van der Waals surface area contributed by atoms with Crippen molar-refractivity contribution in [2.75, 3.05) is 38.8 Å². The topological polar surface area (TPSA) is 76.2 Å². The quantitative estimate of drug-likeness (QED) is 0.690. The minimum Gasteiger partial charge on any atom is -0.497 e. The molecule has 0 spiro atoms.